The second-order valence-corrected chi connectivity index (χ2v) is 5.59. The van der Waals surface area contributed by atoms with Crippen LogP contribution in [0.5, 0.6) is 0 Å². The summed E-state index contributed by atoms with van der Waals surface area (Å²) < 4.78 is 4.86. The first-order chi connectivity index (χ1) is 10.6. The highest BCUT2D eigenvalue weighted by Gasteiger charge is 2.14. The van der Waals surface area contributed by atoms with E-state index in [0.717, 1.165) is 5.56 Å². The fourth-order valence-corrected chi connectivity index (χ4v) is 2.54. The molecule has 5 heteroatoms. The zero-order valence-corrected chi connectivity index (χ0v) is 13.2. The largest absolute Gasteiger partial charge is 0.465 e. The number of carbonyl (C=O) groups excluding carboxylic acids is 1. The van der Waals surface area contributed by atoms with E-state index in [2.05, 4.69) is 4.98 Å². The van der Waals surface area contributed by atoms with Crippen LogP contribution in [0, 0.1) is 0 Å². The van der Waals surface area contributed by atoms with Crippen LogP contribution in [-0.2, 0) is 4.74 Å². The van der Waals surface area contributed by atoms with Crippen LogP contribution in [0.15, 0.2) is 48.5 Å². The molecule has 2 aromatic carbocycles. The molecule has 3 rings (SSSR count). The molecule has 1 heterocycles. The number of pyridine rings is 1. The highest BCUT2D eigenvalue weighted by molar-refractivity contribution is 6.31. The summed E-state index contributed by atoms with van der Waals surface area (Å²) in [6, 6.07) is 14.2. The van der Waals surface area contributed by atoms with Crippen molar-refractivity contribution in [2.24, 2.45) is 0 Å². The molecule has 0 N–H and O–H groups in total. The Hall–Kier alpha value is -2.10. The van der Waals surface area contributed by atoms with Gasteiger partial charge in [-0.1, -0.05) is 35.3 Å². The molecule has 3 aromatic rings. The molecule has 0 aliphatic heterocycles. The van der Waals surface area contributed by atoms with Crippen LogP contribution in [-0.4, -0.2) is 18.1 Å². The van der Waals surface area contributed by atoms with E-state index >= 15 is 0 Å². The number of benzene rings is 2. The number of nitrogens with zero attached hydrogens (tertiary/aromatic N) is 1. The van der Waals surface area contributed by atoms with Gasteiger partial charge in [0.1, 0.15) is 0 Å². The third kappa shape index (κ3) is 2.78. The molecule has 22 heavy (non-hydrogen) atoms. The Morgan fingerprint density at radius 3 is 2.36 bits per heavy atom. The maximum atomic E-state index is 12.1. The van der Waals surface area contributed by atoms with Gasteiger partial charge in [-0.15, -0.1) is 0 Å². The van der Waals surface area contributed by atoms with E-state index in [1.54, 1.807) is 36.4 Å². The van der Waals surface area contributed by atoms with Crippen LogP contribution in [0.1, 0.15) is 10.4 Å². The molecule has 110 valence electrons. The number of esters is 1. The smallest absolute Gasteiger partial charge is 0.338 e. The van der Waals surface area contributed by atoms with Gasteiger partial charge in [0.25, 0.3) is 0 Å². The van der Waals surface area contributed by atoms with Gasteiger partial charge in [0, 0.05) is 21.0 Å². The van der Waals surface area contributed by atoms with Gasteiger partial charge < -0.3 is 4.74 Å². The van der Waals surface area contributed by atoms with Crippen LogP contribution in [0.25, 0.3) is 22.2 Å². The third-order valence-corrected chi connectivity index (χ3v) is 3.80. The number of methoxy groups -OCH3 is 1. The molecule has 1 aromatic heterocycles. The molecule has 0 aliphatic carbocycles. The first-order valence-corrected chi connectivity index (χ1v) is 7.28. The molecule has 0 saturated carbocycles. The number of ether oxygens (including phenoxy) is 1. The predicted molar refractivity (Wildman–Crippen MR) is 88.5 cm³/mol. The maximum Gasteiger partial charge on any atom is 0.338 e. The summed E-state index contributed by atoms with van der Waals surface area (Å²) in [6.45, 7) is 0. The lowest BCUT2D eigenvalue weighted by Crippen LogP contribution is -2.04. The van der Waals surface area contributed by atoms with Crippen LogP contribution >= 0.6 is 23.2 Å². The Balaban J connectivity index is 2.26. The highest BCUT2D eigenvalue weighted by atomic mass is 35.5. The third-order valence-electron chi connectivity index (χ3n) is 3.32. The first kappa shape index (κ1) is 14.8. The monoisotopic (exact) mass is 331 g/mol. The minimum absolute atomic E-state index is 0.426. The fraction of sp³-hybridized carbons (Fsp3) is 0.0588. The SMILES string of the molecule is COC(=O)c1cc(-c2ccc(Cl)cc2)nc2ccc(Cl)cc12. The van der Waals surface area contributed by atoms with Gasteiger partial charge >= 0.3 is 5.97 Å². The summed E-state index contributed by atoms with van der Waals surface area (Å²) in [5.41, 5.74) is 2.65. The van der Waals surface area contributed by atoms with Gasteiger partial charge in [-0.05, 0) is 36.4 Å². The Morgan fingerprint density at radius 2 is 1.68 bits per heavy atom. The number of fused-ring (bicyclic) bond motifs is 1. The van der Waals surface area contributed by atoms with Crippen molar-refractivity contribution in [2.45, 2.75) is 0 Å². The topological polar surface area (TPSA) is 39.2 Å². The van der Waals surface area contributed by atoms with Gasteiger partial charge in [-0.3, -0.25) is 0 Å². The molecule has 0 spiro atoms. The number of hydrogen-bond donors (Lipinski definition) is 0. The van der Waals surface area contributed by atoms with Crippen molar-refractivity contribution in [3.8, 4) is 11.3 Å². The molecule has 0 unspecified atom stereocenters. The normalized spacial score (nSPS) is 10.7. The molecule has 3 nitrogen and oxygen atoms in total. The van der Waals surface area contributed by atoms with Crippen LogP contribution in [0.3, 0.4) is 0 Å². The summed E-state index contributed by atoms with van der Waals surface area (Å²) in [6.07, 6.45) is 0. The summed E-state index contributed by atoms with van der Waals surface area (Å²) >= 11 is 11.9. The van der Waals surface area contributed by atoms with Crippen LogP contribution in [0.4, 0.5) is 0 Å². The number of hydrogen-bond acceptors (Lipinski definition) is 3. The zero-order chi connectivity index (χ0) is 15.7. The van der Waals surface area contributed by atoms with Crippen molar-refractivity contribution in [3.05, 3.63) is 64.1 Å². The first-order valence-electron chi connectivity index (χ1n) is 6.53. The van der Waals surface area contributed by atoms with Gasteiger partial charge in [0.05, 0.1) is 23.9 Å². The highest BCUT2D eigenvalue weighted by Crippen LogP contribution is 2.28. The van der Waals surface area contributed by atoms with Gasteiger partial charge in [0.2, 0.25) is 0 Å². The lowest BCUT2D eigenvalue weighted by Gasteiger charge is -2.09. The molecule has 0 bridgehead atoms. The second-order valence-electron chi connectivity index (χ2n) is 4.72. The summed E-state index contributed by atoms with van der Waals surface area (Å²) in [4.78, 5) is 16.6. The summed E-state index contributed by atoms with van der Waals surface area (Å²) in [7, 11) is 1.35. The van der Waals surface area contributed by atoms with E-state index in [-0.39, 0.29) is 0 Å². The van der Waals surface area contributed by atoms with Gasteiger partial charge in [-0.2, -0.15) is 0 Å². The molecular formula is C17H11Cl2NO2. The molecular weight excluding hydrogens is 321 g/mol. The average molecular weight is 332 g/mol. The van der Waals surface area contributed by atoms with Crippen molar-refractivity contribution in [3.63, 3.8) is 0 Å². The minimum atomic E-state index is -0.426. The zero-order valence-electron chi connectivity index (χ0n) is 11.6. The average Bonchev–Trinajstić information content (AvgIpc) is 2.54. The molecule has 0 aliphatic rings. The summed E-state index contributed by atoms with van der Waals surface area (Å²) in [5, 5.41) is 1.85. The Bertz CT molecular complexity index is 860. The molecule has 0 radical (unpaired) electrons. The van der Waals surface area contributed by atoms with E-state index in [0.29, 0.717) is 32.2 Å². The van der Waals surface area contributed by atoms with Crippen molar-refractivity contribution in [1.82, 2.24) is 4.98 Å². The quantitative estimate of drug-likeness (QED) is 0.620. The van der Waals surface area contributed by atoms with Crippen LogP contribution in [0.2, 0.25) is 10.0 Å². The molecule has 0 atom stereocenters. The fourth-order valence-electron chi connectivity index (χ4n) is 2.25. The molecule has 0 fully saturated rings. The molecule has 0 saturated heterocycles. The Labute approximate surface area is 137 Å². The number of carbonyl (C=O) groups is 1. The van der Waals surface area contributed by atoms with Crippen LogP contribution < -0.4 is 0 Å². The van der Waals surface area contributed by atoms with Crippen molar-refractivity contribution in [2.75, 3.05) is 7.11 Å². The van der Waals surface area contributed by atoms with E-state index in [9.17, 15) is 4.79 Å². The van der Waals surface area contributed by atoms with Gasteiger partial charge in [-0.25, -0.2) is 9.78 Å². The predicted octanol–water partition coefficient (Wildman–Crippen LogP) is 5.00. The minimum Gasteiger partial charge on any atom is -0.465 e. The number of halogens is 2. The standard InChI is InChI=1S/C17H11Cl2NO2/c1-22-17(21)14-9-16(10-2-4-11(18)5-3-10)20-15-7-6-12(19)8-13(14)15/h2-9H,1H3. The van der Waals surface area contributed by atoms with Crippen molar-refractivity contribution < 1.29 is 9.53 Å². The number of rotatable bonds is 2. The van der Waals surface area contributed by atoms with E-state index in [1.807, 2.05) is 12.1 Å². The van der Waals surface area contributed by atoms with E-state index in [1.165, 1.54) is 7.11 Å². The van der Waals surface area contributed by atoms with Crippen molar-refractivity contribution in [1.29, 1.82) is 0 Å². The lowest BCUT2D eigenvalue weighted by molar-refractivity contribution is 0.0603. The summed E-state index contributed by atoms with van der Waals surface area (Å²) in [5.74, 6) is -0.426. The van der Waals surface area contributed by atoms with E-state index in [4.69, 9.17) is 27.9 Å². The Kier molecular flexibility index (Phi) is 4.01. The molecule has 0 amide bonds. The maximum absolute atomic E-state index is 12.1. The van der Waals surface area contributed by atoms with Crippen molar-refractivity contribution >= 4 is 40.1 Å². The van der Waals surface area contributed by atoms with E-state index < -0.39 is 5.97 Å². The second kappa shape index (κ2) is 5.95. The van der Waals surface area contributed by atoms with Gasteiger partial charge in [0.15, 0.2) is 0 Å². The Morgan fingerprint density at radius 1 is 1.00 bits per heavy atom. The number of aromatic nitrogens is 1. The lowest BCUT2D eigenvalue weighted by atomic mass is 10.0.